The van der Waals surface area contributed by atoms with Crippen LogP contribution in [0.4, 0.5) is 0 Å². The van der Waals surface area contributed by atoms with Crippen molar-refractivity contribution in [1.29, 1.82) is 0 Å². The third-order valence-corrected chi connectivity index (χ3v) is 6.59. The Hall–Kier alpha value is -0.780. The zero-order valence-corrected chi connectivity index (χ0v) is 18.8. The highest BCUT2D eigenvalue weighted by Crippen LogP contribution is 2.34. The van der Waals surface area contributed by atoms with Crippen LogP contribution in [0.1, 0.15) is 98.3 Å². The normalized spacial score (nSPS) is 16.6. The molecule has 0 saturated carbocycles. The van der Waals surface area contributed by atoms with Crippen molar-refractivity contribution in [3.63, 3.8) is 0 Å². The van der Waals surface area contributed by atoms with E-state index >= 15 is 0 Å². The van der Waals surface area contributed by atoms with Gasteiger partial charge in [0.2, 0.25) is 0 Å². The Morgan fingerprint density at radius 2 is 1.52 bits per heavy atom. The predicted molar refractivity (Wildman–Crippen MR) is 114 cm³/mol. The van der Waals surface area contributed by atoms with Crippen LogP contribution in [0.2, 0.25) is 0 Å². The lowest BCUT2D eigenvalue weighted by Crippen LogP contribution is -2.21. The molecule has 0 heterocycles. The van der Waals surface area contributed by atoms with Crippen LogP contribution in [0.3, 0.4) is 0 Å². The van der Waals surface area contributed by atoms with Crippen LogP contribution < -0.4 is 0 Å². The van der Waals surface area contributed by atoms with Crippen LogP contribution in [-0.2, 0) is 11.8 Å². The second kappa shape index (κ2) is 8.74. The summed E-state index contributed by atoms with van der Waals surface area (Å²) >= 11 is 0. The minimum absolute atomic E-state index is 0.238. The quantitative estimate of drug-likeness (QED) is 0.470. The molecule has 0 nitrogen and oxygen atoms in total. The van der Waals surface area contributed by atoms with Crippen molar-refractivity contribution < 1.29 is 0 Å². The SMILES string of the molecule is CCC(C)C(CCC(C)C(C)(C)C)Cc1ccc(C(C)(C)C)cc1C. The minimum Gasteiger partial charge on any atom is -0.0651 e. The average molecular weight is 345 g/mol. The number of hydrogen-bond donors (Lipinski definition) is 0. The van der Waals surface area contributed by atoms with Crippen LogP contribution >= 0.6 is 0 Å². The van der Waals surface area contributed by atoms with Crippen LogP contribution in [0.5, 0.6) is 0 Å². The van der Waals surface area contributed by atoms with Crippen molar-refractivity contribution in [1.82, 2.24) is 0 Å². The van der Waals surface area contributed by atoms with Crippen LogP contribution in [0, 0.1) is 30.1 Å². The van der Waals surface area contributed by atoms with E-state index < -0.39 is 0 Å². The zero-order chi connectivity index (χ0) is 19.4. The van der Waals surface area contributed by atoms with E-state index in [4.69, 9.17) is 0 Å². The first-order valence-electron chi connectivity index (χ1n) is 10.5. The Bertz CT molecular complexity index is 524. The standard InChI is InChI=1S/C25H44/c1-11-18(2)21(13-12-20(4)24(5,6)7)17-22-14-15-23(16-19(22)3)25(8,9)10/h14-16,18,20-21H,11-13,17H2,1-10H3. The Balaban J connectivity index is 2.89. The van der Waals surface area contributed by atoms with Gasteiger partial charge in [-0.15, -0.1) is 0 Å². The first-order chi connectivity index (χ1) is 11.4. The molecule has 0 aliphatic rings. The zero-order valence-electron chi connectivity index (χ0n) is 18.8. The van der Waals surface area contributed by atoms with E-state index in [1.54, 1.807) is 5.56 Å². The molecule has 0 amide bonds. The Kier molecular flexibility index (Phi) is 7.78. The summed E-state index contributed by atoms with van der Waals surface area (Å²) in [5.74, 6) is 2.38. The largest absolute Gasteiger partial charge is 0.0651 e. The smallest absolute Gasteiger partial charge is 0.0132 e. The van der Waals surface area contributed by atoms with Crippen molar-refractivity contribution in [2.24, 2.45) is 23.2 Å². The average Bonchev–Trinajstić information content (AvgIpc) is 2.49. The molecule has 0 bridgehead atoms. The monoisotopic (exact) mass is 344 g/mol. The lowest BCUT2D eigenvalue weighted by Gasteiger charge is -2.31. The molecule has 0 heteroatoms. The van der Waals surface area contributed by atoms with Crippen molar-refractivity contribution in [3.05, 3.63) is 34.9 Å². The fourth-order valence-electron chi connectivity index (χ4n) is 3.49. The molecule has 144 valence electrons. The summed E-state index contributed by atoms with van der Waals surface area (Å²) < 4.78 is 0. The van der Waals surface area contributed by atoms with Crippen molar-refractivity contribution in [2.45, 2.75) is 100 Å². The fourth-order valence-corrected chi connectivity index (χ4v) is 3.49. The molecule has 1 rings (SSSR count). The molecule has 0 radical (unpaired) electrons. The van der Waals surface area contributed by atoms with Gasteiger partial charge in [-0.2, -0.15) is 0 Å². The molecule has 0 saturated heterocycles. The summed E-state index contributed by atoms with van der Waals surface area (Å²) in [5.41, 5.74) is 5.15. The summed E-state index contributed by atoms with van der Waals surface area (Å²) in [5, 5.41) is 0. The Morgan fingerprint density at radius 3 is 1.96 bits per heavy atom. The van der Waals surface area contributed by atoms with E-state index in [9.17, 15) is 0 Å². The van der Waals surface area contributed by atoms with Gasteiger partial charge < -0.3 is 0 Å². The van der Waals surface area contributed by atoms with E-state index in [0.29, 0.717) is 5.41 Å². The van der Waals surface area contributed by atoms with Gasteiger partial charge in [-0.05, 0) is 71.5 Å². The van der Waals surface area contributed by atoms with E-state index in [1.807, 2.05) is 0 Å². The van der Waals surface area contributed by atoms with Gasteiger partial charge in [0.25, 0.3) is 0 Å². The maximum Gasteiger partial charge on any atom is -0.0132 e. The third-order valence-electron chi connectivity index (χ3n) is 6.59. The summed E-state index contributed by atoms with van der Waals surface area (Å²) in [6.45, 7) is 23.6. The second-order valence-electron chi connectivity index (χ2n) is 10.6. The first kappa shape index (κ1) is 22.3. The van der Waals surface area contributed by atoms with Crippen LogP contribution in [-0.4, -0.2) is 0 Å². The molecule has 0 aromatic heterocycles. The molecule has 1 aromatic carbocycles. The number of rotatable bonds is 7. The van der Waals surface area contributed by atoms with Gasteiger partial charge in [-0.25, -0.2) is 0 Å². The highest BCUT2D eigenvalue weighted by Gasteiger charge is 2.24. The number of hydrogen-bond acceptors (Lipinski definition) is 0. The van der Waals surface area contributed by atoms with E-state index in [2.05, 4.69) is 87.4 Å². The maximum absolute atomic E-state index is 2.45. The fraction of sp³-hybridized carbons (Fsp3) is 0.760. The van der Waals surface area contributed by atoms with Crippen molar-refractivity contribution >= 4 is 0 Å². The first-order valence-corrected chi connectivity index (χ1v) is 10.5. The van der Waals surface area contributed by atoms with Gasteiger partial charge in [0.1, 0.15) is 0 Å². The molecule has 0 fully saturated rings. The summed E-state index contributed by atoms with van der Waals surface area (Å²) in [7, 11) is 0. The van der Waals surface area contributed by atoms with Crippen LogP contribution in [0.15, 0.2) is 18.2 Å². The molecule has 0 N–H and O–H groups in total. The molecule has 3 unspecified atom stereocenters. The summed E-state index contributed by atoms with van der Waals surface area (Å²) in [6, 6.07) is 7.17. The van der Waals surface area contributed by atoms with Crippen molar-refractivity contribution in [2.75, 3.05) is 0 Å². The number of benzene rings is 1. The van der Waals surface area contributed by atoms with Gasteiger partial charge in [0, 0.05) is 0 Å². The van der Waals surface area contributed by atoms with Gasteiger partial charge in [0.05, 0.1) is 0 Å². The maximum atomic E-state index is 2.45. The molecular weight excluding hydrogens is 300 g/mol. The van der Waals surface area contributed by atoms with Gasteiger partial charge in [-0.3, -0.25) is 0 Å². The van der Waals surface area contributed by atoms with Gasteiger partial charge in [0.15, 0.2) is 0 Å². The molecule has 0 aliphatic carbocycles. The van der Waals surface area contributed by atoms with Gasteiger partial charge >= 0.3 is 0 Å². The molecule has 25 heavy (non-hydrogen) atoms. The van der Waals surface area contributed by atoms with Crippen molar-refractivity contribution in [3.8, 4) is 0 Å². The highest BCUT2D eigenvalue weighted by molar-refractivity contribution is 5.34. The van der Waals surface area contributed by atoms with E-state index in [-0.39, 0.29) is 5.41 Å². The molecule has 0 spiro atoms. The highest BCUT2D eigenvalue weighted by atomic mass is 14.3. The van der Waals surface area contributed by atoms with E-state index in [0.717, 1.165) is 17.8 Å². The van der Waals surface area contributed by atoms with E-state index in [1.165, 1.54) is 36.8 Å². The van der Waals surface area contributed by atoms with Gasteiger partial charge in [-0.1, -0.05) is 86.9 Å². The van der Waals surface area contributed by atoms with Crippen LogP contribution in [0.25, 0.3) is 0 Å². The molecule has 1 aromatic rings. The molecule has 0 aliphatic heterocycles. The second-order valence-corrected chi connectivity index (χ2v) is 10.6. The summed E-state index contributed by atoms with van der Waals surface area (Å²) in [6.07, 6.45) is 5.22. The Morgan fingerprint density at radius 1 is 0.920 bits per heavy atom. The lowest BCUT2D eigenvalue weighted by molar-refractivity contribution is 0.212. The summed E-state index contributed by atoms with van der Waals surface area (Å²) in [4.78, 5) is 0. The number of aryl methyl sites for hydroxylation is 1. The third kappa shape index (κ3) is 6.80. The topological polar surface area (TPSA) is 0 Å². The Labute approximate surface area is 158 Å². The molecule has 3 atom stereocenters. The minimum atomic E-state index is 0.238. The molecular formula is C25H44. The predicted octanol–water partition coefficient (Wildman–Crippen LogP) is 7.96. The lowest BCUT2D eigenvalue weighted by atomic mass is 9.75.